The van der Waals surface area contributed by atoms with Gasteiger partial charge in [-0.05, 0) is 20.3 Å². The van der Waals surface area contributed by atoms with E-state index in [1.165, 1.54) is 4.90 Å². The molecule has 4 nitrogen and oxygen atoms in total. The van der Waals surface area contributed by atoms with Gasteiger partial charge in [-0.2, -0.15) is 18.3 Å². The lowest BCUT2D eigenvalue weighted by molar-refractivity contribution is -0.156. The monoisotopic (exact) mass is 292 g/mol. The van der Waals surface area contributed by atoms with Crippen LogP contribution >= 0.6 is 0 Å². The first-order chi connectivity index (χ1) is 9.15. The second-order valence-corrected chi connectivity index (χ2v) is 5.35. The van der Waals surface area contributed by atoms with Crippen molar-refractivity contribution < 1.29 is 13.2 Å². The molecule has 0 aliphatic carbocycles. The zero-order valence-electron chi connectivity index (χ0n) is 12.4. The van der Waals surface area contributed by atoms with Gasteiger partial charge in [-0.1, -0.05) is 6.92 Å². The summed E-state index contributed by atoms with van der Waals surface area (Å²) in [5.74, 6) is 0. The Kier molecular flexibility index (Phi) is 5.59. The van der Waals surface area contributed by atoms with E-state index in [2.05, 4.69) is 5.10 Å². The van der Waals surface area contributed by atoms with Crippen molar-refractivity contribution in [3.05, 3.63) is 18.0 Å². The van der Waals surface area contributed by atoms with Crippen LogP contribution in [0.2, 0.25) is 0 Å². The van der Waals surface area contributed by atoms with Crippen molar-refractivity contribution in [1.82, 2.24) is 14.7 Å². The minimum absolute atomic E-state index is 0.264. The highest BCUT2D eigenvalue weighted by Crippen LogP contribution is 2.30. The fraction of sp³-hybridized carbons (Fsp3) is 0.769. The van der Waals surface area contributed by atoms with Gasteiger partial charge in [-0.15, -0.1) is 0 Å². The molecule has 1 aromatic heterocycles. The number of rotatable bonds is 6. The van der Waals surface area contributed by atoms with Gasteiger partial charge in [0.2, 0.25) is 0 Å². The maximum absolute atomic E-state index is 12.8. The topological polar surface area (TPSA) is 47.1 Å². The lowest BCUT2D eigenvalue weighted by Gasteiger charge is -2.38. The first-order valence-electron chi connectivity index (χ1n) is 6.72. The number of aryl methyl sites for hydroxylation is 1. The van der Waals surface area contributed by atoms with E-state index < -0.39 is 18.8 Å². The Balaban J connectivity index is 3.12. The molecule has 7 heteroatoms. The molecule has 1 rings (SSSR count). The summed E-state index contributed by atoms with van der Waals surface area (Å²) >= 11 is 0. The highest BCUT2D eigenvalue weighted by Gasteiger charge is 2.37. The van der Waals surface area contributed by atoms with Crippen LogP contribution in [0.3, 0.4) is 0 Å². The van der Waals surface area contributed by atoms with E-state index in [4.69, 9.17) is 5.73 Å². The lowest BCUT2D eigenvalue weighted by atomic mass is 9.97. The highest BCUT2D eigenvalue weighted by molar-refractivity contribution is 5.14. The number of hydrogen-bond acceptors (Lipinski definition) is 3. The molecule has 0 spiro atoms. The summed E-state index contributed by atoms with van der Waals surface area (Å²) in [6.07, 6.45) is -0.337. The Bertz CT molecular complexity index is 414. The van der Waals surface area contributed by atoms with E-state index in [1.54, 1.807) is 38.0 Å². The van der Waals surface area contributed by atoms with Crippen molar-refractivity contribution in [1.29, 1.82) is 0 Å². The van der Waals surface area contributed by atoms with Gasteiger partial charge in [-0.3, -0.25) is 9.58 Å². The Hall–Kier alpha value is -1.08. The van der Waals surface area contributed by atoms with Crippen LogP contribution in [0.4, 0.5) is 13.2 Å². The summed E-state index contributed by atoms with van der Waals surface area (Å²) in [4.78, 5) is 1.39. The molecule has 0 radical (unpaired) electrons. The zero-order chi connectivity index (χ0) is 15.5. The number of nitrogens with two attached hydrogens (primary N) is 1. The van der Waals surface area contributed by atoms with Gasteiger partial charge >= 0.3 is 6.18 Å². The molecule has 1 aromatic rings. The average molecular weight is 292 g/mol. The van der Waals surface area contributed by atoms with E-state index in [0.717, 1.165) is 5.56 Å². The number of hydrogen-bond donors (Lipinski definition) is 1. The number of halogens is 3. The molecule has 0 saturated heterocycles. The summed E-state index contributed by atoms with van der Waals surface area (Å²) in [5, 5.41) is 4.05. The molecule has 0 aromatic carbocycles. The minimum atomic E-state index is -4.25. The molecule has 116 valence electrons. The Labute approximate surface area is 117 Å². The minimum Gasteiger partial charge on any atom is -0.326 e. The van der Waals surface area contributed by atoms with E-state index in [-0.39, 0.29) is 12.1 Å². The zero-order valence-corrected chi connectivity index (χ0v) is 12.4. The Morgan fingerprint density at radius 3 is 2.35 bits per heavy atom. The molecule has 0 amide bonds. The number of alkyl halides is 3. The summed E-state index contributed by atoms with van der Waals surface area (Å²) in [5.41, 5.74) is 6.79. The standard InChI is InChI=1S/C13H23F3N4/c1-5-11(17)12(10-6-18-19(4)7-10)20(9(2)3)8-13(14,15)16/h6-7,9,11-12H,5,8,17H2,1-4H3. The molecule has 2 unspecified atom stereocenters. The quantitative estimate of drug-likeness (QED) is 0.876. The molecule has 0 aliphatic rings. The summed E-state index contributed by atoms with van der Waals surface area (Å²) in [7, 11) is 1.74. The smallest absolute Gasteiger partial charge is 0.326 e. The lowest BCUT2D eigenvalue weighted by Crippen LogP contribution is -2.48. The van der Waals surface area contributed by atoms with Gasteiger partial charge in [0.1, 0.15) is 0 Å². The van der Waals surface area contributed by atoms with Crippen molar-refractivity contribution in [2.75, 3.05) is 6.54 Å². The second kappa shape index (κ2) is 6.58. The van der Waals surface area contributed by atoms with Crippen LogP contribution in [-0.4, -0.2) is 39.5 Å². The van der Waals surface area contributed by atoms with Crippen molar-refractivity contribution in [2.24, 2.45) is 12.8 Å². The van der Waals surface area contributed by atoms with Gasteiger partial charge in [0.15, 0.2) is 0 Å². The molecule has 0 aliphatic heterocycles. The van der Waals surface area contributed by atoms with Crippen molar-refractivity contribution >= 4 is 0 Å². The first-order valence-corrected chi connectivity index (χ1v) is 6.72. The van der Waals surface area contributed by atoms with Crippen molar-refractivity contribution in [2.45, 2.75) is 51.5 Å². The van der Waals surface area contributed by atoms with Crippen LogP contribution in [0, 0.1) is 0 Å². The van der Waals surface area contributed by atoms with Crippen LogP contribution in [0.15, 0.2) is 12.4 Å². The fourth-order valence-electron chi connectivity index (χ4n) is 2.31. The molecule has 1 heterocycles. The van der Waals surface area contributed by atoms with E-state index in [0.29, 0.717) is 6.42 Å². The van der Waals surface area contributed by atoms with Crippen LogP contribution < -0.4 is 5.73 Å². The van der Waals surface area contributed by atoms with Gasteiger partial charge in [0.25, 0.3) is 0 Å². The maximum atomic E-state index is 12.8. The summed E-state index contributed by atoms with van der Waals surface area (Å²) < 4.78 is 40.0. The van der Waals surface area contributed by atoms with Crippen LogP contribution in [0.25, 0.3) is 0 Å². The van der Waals surface area contributed by atoms with Crippen LogP contribution in [0.5, 0.6) is 0 Å². The van der Waals surface area contributed by atoms with Crippen LogP contribution in [0.1, 0.15) is 38.8 Å². The normalized spacial score (nSPS) is 15.9. The molecule has 0 fully saturated rings. The molecule has 20 heavy (non-hydrogen) atoms. The maximum Gasteiger partial charge on any atom is 0.401 e. The van der Waals surface area contributed by atoms with E-state index >= 15 is 0 Å². The van der Waals surface area contributed by atoms with Crippen molar-refractivity contribution in [3.8, 4) is 0 Å². The molecule has 0 saturated carbocycles. The van der Waals surface area contributed by atoms with Gasteiger partial charge < -0.3 is 5.73 Å². The largest absolute Gasteiger partial charge is 0.401 e. The number of nitrogens with zero attached hydrogens (tertiary/aromatic N) is 3. The SMILES string of the molecule is CCC(N)C(c1cnn(C)c1)N(CC(F)(F)F)C(C)C. The molecule has 2 N–H and O–H groups in total. The third-order valence-electron chi connectivity index (χ3n) is 3.33. The molecular weight excluding hydrogens is 269 g/mol. The molecule has 2 atom stereocenters. The van der Waals surface area contributed by atoms with Gasteiger partial charge in [0.05, 0.1) is 18.8 Å². The molecule has 0 bridgehead atoms. The van der Waals surface area contributed by atoms with Gasteiger partial charge in [0, 0.05) is 30.9 Å². The third kappa shape index (κ3) is 4.49. The second-order valence-electron chi connectivity index (χ2n) is 5.35. The summed E-state index contributed by atoms with van der Waals surface area (Å²) in [6.45, 7) is 4.40. The predicted molar refractivity (Wildman–Crippen MR) is 72.1 cm³/mol. The third-order valence-corrected chi connectivity index (χ3v) is 3.33. The number of aromatic nitrogens is 2. The van der Waals surface area contributed by atoms with E-state index in [9.17, 15) is 13.2 Å². The first kappa shape index (κ1) is 17.0. The van der Waals surface area contributed by atoms with Crippen LogP contribution in [-0.2, 0) is 7.05 Å². The average Bonchev–Trinajstić information content (AvgIpc) is 2.72. The highest BCUT2D eigenvalue weighted by atomic mass is 19.4. The van der Waals surface area contributed by atoms with Gasteiger partial charge in [-0.25, -0.2) is 0 Å². The Morgan fingerprint density at radius 1 is 1.40 bits per heavy atom. The predicted octanol–water partition coefficient (Wildman–Crippen LogP) is 2.47. The summed E-state index contributed by atoms with van der Waals surface area (Å²) in [6, 6.07) is -1.13. The Morgan fingerprint density at radius 2 is 2.00 bits per heavy atom. The van der Waals surface area contributed by atoms with Crippen molar-refractivity contribution in [3.63, 3.8) is 0 Å². The van der Waals surface area contributed by atoms with E-state index in [1.807, 2.05) is 6.92 Å². The fourth-order valence-corrected chi connectivity index (χ4v) is 2.31. The molecular formula is C13H23F3N4.